The number of benzene rings is 2. The van der Waals surface area contributed by atoms with Gasteiger partial charge in [-0.3, -0.25) is 9.59 Å². The number of anilines is 1. The average molecular weight is 456 g/mol. The van der Waals surface area contributed by atoms with Crippen LogP contribution in [0.1, 0.15) is 17.5 Å². The van der Waals surface area contributed by atoms with Gasteiger partial charge in [-0.2, -0.15) is 13.2 Å². The molecule has 2 heterocycles. The van der Waals surface area contributed by atoms with Crippen molar-refractivity contribution in [2.45, 2.75) is 19.1 Å². The number of aromatic hydroxyl groups is 1. The number of amides is 2. The molecule has 1 unspecified atom stereocenters. The molecule has 1 saturated heterocycles. The van der Waals surface area contributed by atoms with Crippen molar-refractivity contribution >= 4 is 17.5 Å². The van der Waals surface area contributed by atoms with Crippen LogP contribution in [-0.2, 0) is 22.3 Å². The first-order valence-electron chi connectivity index (χ1n) is 10.1. The maximum Gasteiger partial charge on any atom is 0.416 e. The molecular formula is C23H19F3N4O3. The predicted octanol–water partition coefficient (Wildman–Crippen LogP) is 3.86. The standard InChI is InChI=1S/C23H19F3N4O3/c24-23(25,26)17-5-1-3-14(7-17)12-30-13-16(9-20(30)32)22(33)29-18-10-27-21(28-11-18)15-4-2-6-19(31)8-15/h1-8,10-11,16,31H,9,12-13H2,(H,29,33). The molecule has 1 fully saturated rings. The van der Waals surface area contributed by atoms with E-state index in [0.717, 1.165) is 12.1 Å². The summed E-state index contributed by atoms with van der Waals surface area (Å²) in [6.45, 7) is 0.0947. The number of hydrogen-bond donors (Lipinski definition) is 2. The van der Waals surface area contributed by atoms with Crippen molar-refractivity contribution in [3.63, 3.8) is 0 Å². The zero-order chi connectivity index (χ0) is 23.6. The summed E-state index contributed by atoms with van der Waals surface area (Å²) < 4.78 is 38.8. The number of carbonyl (C=O) groups is 2. The van der Waals surface area contributed by atoms with Crippen molar-refractivity contribution < 1.29 is 27.9 Å². The van der Waals surface area contributed by atoms with E-state index >= 15 is 0 Å². The Bertz CT molecular complexity index is 1180. The Balaban J connectivity index is 1.37. The van der Waals surface area contributed by atoms with Gasteiger partial charge in [-0.25, -0.2) is 9.97 Å². The smallest absolute Gasteiger partial charge is 0.416 e. The molecule has 1 atom stereocenters. The van der Waals surface area contributed by atoms with Crippen LogP contribution in [-0.4, -0.2) is 38.3 Å². The molecule has 170 valence electrons. The maximum atomic E-state index is 12.9. The Hall–Kier alpha value is -3.95. The van der Waals surface area contributed by atoms with E-state index in [0.29, 0.717) is 22.6 Å². The zero-order valence-electron chi connectivity index (χ0n) is 17.2. The van der Waals surface area contributed by atoms with Gasteiger partial charge in [-0.05, 0) is 29.8 Å². The average Bonchev–Trinajstić information content (AvgIpc) is 3.14. The third-order valence-corrected chi connectivity index (χ3v) is 5.24. The summed E-state index contributed by atoms with van der Waals surface area (Å²) in [7, 11) is 0. The monoisotopic (exact) mass is 456 g/mol. The fourth-order valence-corrected chi connectivity index (χ4v) is 3.60. The summed E-state index contributed by atoms with van der Waals surface area (Å²) in [6.07, 6.45) is -1.66. The lowest BCUT2D eigenvalue weighted by Crippen LogP contribution is -2.28. The molecule has 4 rings (SSSR count). The van der Waals surface area contributed by atoms with E-state index in [1.807, 2.05) is 0 Å². The highest BCUT2D eigenvalue weighted by atomic mass is 19.4. The number of likely N-dealkylation sites (tertiary alicyclic amines) is 1. The lowest BCUT2D eigenvalue weighted by Gasteiger charge is -2.17. The van der Waals surface area contributed by atoms with E-state index in [1.54, 1.807) is 12.1 Å². The highest BCUT2D eigenvalue weighted by Gasteiger charge is 2.35. The molecule has 1 aromatic heterocycles. The predicted molar refractivity (Wildman–Crippen MR) is 113 cm³/mol. The van der Waals surface area contributed by atoms with Crippen LogP contribution in [0.4, 0.5) is 18.9 Å². The van der Waals surface area contributed by atoms with E-state index in [4.69, 9.17) is 0 Å². The highest BCUT2D eigenvalue weighted by molar-refractivity contribution is 5.97. The molecule has 2 N–H and O–H groups in total. The third-order valence-electron chi connectivity index (χ3n) is 5.24. The second kappa shape index (κ2) is 8.89. The number of hydrogen-bond acceptors (Lipinski definition) is 5. The van der Waals surface area contributed by atoms with E-state index < -0.39 is 23.6 Å². The normalized spacial score (nSPS) is 16.2. The number of phenols is 1. The minimum absolute atomic E-state index is 0.00569. The largest absolute Gasteiger partial charge is 0.508 e. The number of nitrogens with zero attached hydrogens (tertiary/aromatic N) is 3. The Morgan fingerprint density at radius 2 is 1.85 bits per heavy atom. The van der Waals surface area contributed by atoms with Crippen LogP contribution in [0.25, 0.3) is 11.4 Å². The van der Waals surface area contributed by atoms with E-state index in [9.17, 15) is 27.9 Å². The zero-order valence-corrected chi connectivity index (χ0v) is 17.2. The van der Waals surface area contributed by atoms with Crippen LogP contribution in [0.15, 0.2) is 60.9 Å². The van der Waals surface area contributed by atoms with Crippen LogP contribution >= 0.6 is 0 Å². The molecule has 0 radical (unpaired) electrons. The number of aromatic nitrogens is 2. The fourth-order valence-electron chi connectivity index (χ4n) is 3.60. The summed E-state index contributed by atoms with van der Waals surface area (Å²) in [4.78, 5) is 34.7. The van der Waals surface area contributed by atoms with Gasteiger partial charge >= 0.3 is 6.18 Å². The Morgan fingerprint density at radius 1 is 1.12 bits per heavy atom. The molecular weight excluding hydrogens is 437 g/mol. The number of halogens is 3. The van der Waals surface area contributed by atoms with Crippen molar-refractivity contribution in [2.24, 2.45) is 5.92 Å². The molecule has 3 aromatic rings. The molecule has 1 aliphatic heterocycles. The van der Waals surface area contributed by atoms with Crippen molar-refractivity contribution in [2.75, 3.05) is 11.9 Å². The molecule has 1 aliphatic rings. The van der Waals surface area contributed by atoms with Crippen molar-refractivity contribution in [1.82, 2.24) is 14.9 Å². The lowest BCUT2D eigenvalue weighted by atomic mass is 10.1. The number of rotatable bonds is 5. The Kier molecular flexibility index (Phi) is 5.99. The topological polar surface area (TPSA) is 95.4 Å². The summed E-state index contributed by atoms with van der Waals surface area (Å²) in [5, 5.41) is 12.2. The summed E-state index contributed by atoms with van der Waals surface area (Å²) in [5.74, 6) is -0.901. The van der Waals surface area contributed by atoms with Gasteiger partial charge in [0, 0.05) is 25.1 Å². The first-order valence-corrected chi connectivity index (χ1v) is 10.1. The van der Waals surface area contributed by atoms with Crippen molar-refractivity contribution in [1.29, 1.82) is 0 Å². The molecule has 0 aliphatic carbocycles. The second-order valence-electron chi connectivity index (χ2n) is 7.71. The van der Waals surface area contributed by atoms with Gasteiger partial charge in [0.15, 0.2) is 5.82 Å². The maximum absolute atomic E-state index is 12.9. The molecule has 0 spiro atoms. The van der Waals surface area contributed by atoms with Crippen molar-refractivity contribution in [3.8, 4) is 17.1 Å². The minimum Gasteiger partial charge on any atom is -0.508 e. The molecule has 10 heteroatoms. The first kappa shape index (κ1) is 22.3. The first-order chi connectivity index (χ1) is 15.7. The lowest BCUT2D eigenvalue weighted by molar-refractivity contribution is -0.137. The van der Waals surface area contributed by atoms with Gasteiger partial charge in [0.1, 0.15) is 5.75 Å². The Morgan fingerprint density at radius 3 is 2.55 bits per heavy atom. The van der Waals surface area contributed by atoms with Gasteiger partial charge in [-0.1, -0.05) is 24.3 Å². The number of phenolic OH excluding ortho intramolecular Hbond substituents is 1. The number of nitrogens with one attached hydrogen (secondary N) is 1. The summed E-state index contributed by atoms with van der Waals surface area (Å²) in [5.41, 5.74) is 0.512. The van der Waals surface area contributed by atoms with Gasteiger partial charge in [0.05, 0.1) is 29.6 Å². The molecule has 2 amide bonds. The van der Waals surface area contributed by atoms with E-state index in [1.165, 1.54) is 41.6 Å². The van der Waals surface area contributed by atoms with Crippen molar-refractivity contribution in [3.05, 3.63) is 72.1 Å². The summed E-state index contributed by atoms with van der Waals surface area (Å²) in [6, 6.07) is 11.2. The van der Waals surface area contributed by atoms with Crippen LogP contribution in [0.2, 0.25) is 0 Å². The van der Waals surface area contributed by atoms with Gasteiger partial charge in [-0.15, -0.1) is 0 Å². The van der Waals surface area contributed by atoms with Crippen LogP contribution in [0.3, 0.4) is 0 Å². The fraction of sp³-hybridized carbons (Fsp3) is 0.217. The molecule has 33 heavy (non-hydrogen) atoms. The molecule has 2 aromatic carbocycles. The van der Waals surface area contributed by atoms with E-state index in [2.05, 4.69) is 15.3 Å². The summed E-state index contributed by atoms with van der Waals surface area (Å²) >= 11 is 0. The van der Waals surface area contributed by atoms with E-state index in [-0.39, 0.29) is 31.2 Å². The number of carbonyl (C=O) groups excluding carboxylic acids is 2. The van der Waals surface area contributed by atoms with Gasteiger partial charge < -0.3 is 15.3 Å². The highest BCUT2D eigenvalue weighted by Crippen LogP contribution is 2.30. The van der Waals surface area contributed by atoms with Gasteiger partial charge in [0.25, 0.3) is 0 Å². The second-order valence-corrected chi connectivity index (χ2v) is 7.71. The van der Waals surface area contributed by atoms with Crippen LogP contribution < -0.4 is 5.32 Å². The van der Waals surface area contributed by atoms with Gasteiger partial charge in [0.2, 0.25) is 11.8 Å². The number of alkyl halides is 3. The van der Waals surface area contributed by atoms with Crippen LogP contribution in [0, 0.1) is 5.92 Å². The Labute approximate surface area is 186 Å². The SMILES string of the molecule is O=C(Nc1cnc(-c2cccc(O)c2)nc1)C1CC(=O)N(Cc2cccc(C(F)(F)F)c2)C1. The molecule has 0 saturated carbocycles. The molecule has 0 bridgehead atoms. The molecule has 7 nitrogen and oxygen atoms in total. The quantitative estimate of drug-likeness (QED) is 0.608. The minimum atomic E-state index is -4.47. The third kappa shape index (κ3) is 5.28. The van der Waals surface area contributed by atoms with Crippen LogP contribution in [0.5, 0.6) is 5.75 Å².